The Hall–Kier alpha value is -1.63. The van der Waals surface area contributed by atoms with Crippen LogP contribution in [0.1, 0.15) is 26.7 Å². The van der Waals surface area contributed by atoms with Gasteiger partial charge in [0.1, 0.15) is 6.04 Å². The van der Waals surface area contributed by atoms with E-state index in [2.05, 4.69) is 10.6 Å². The van der Waals surface area contributed by atoms with E-state index in [1.54, 1.807) is 13.8 Å². The average molecular weight is 245 g/mol. The molecular weight excluding hydrogens is 226 g/mol. The van der Waals surface area contributed by atoms with Gasteiger partial charge >= 0.3 is 5.97 Å². The number of carbonyl (C=O) groups excluding carboxylic acids is 2. The zero-order chi connectivity index (χ0) is 13.4. The molecule has 7 nitrogen and oxygen atoms in total. The lowest BCUT2D eigenvalue weighted by Gasteiger charge is -2.13. The number of nitrogens with two attached hydrogens (primary N) is 1. The summed E-state index contributed by atoms with van der Waals surface area (Å²) in [5, 5.41) is 13.3. The molecule has 5 N–H and O–H groups in total. The average Bonchev–Trinajstić information content (AvgIpc) is 2.31. The predicted molar refractivity (Wildman–Crippen MR) is 61.1 cm³/mol. The predicted octanol–water partition coefficient (Wildman–Crippen LogP) is -1.18. The third-order valence-corrected chi connectivity index (χ3v) is 2.24. The molecule has 0 rings (SSSR count). The standard InChI is InChI=1S/C10H19N3O4/c1-3-6(11)9(15)12-5-8(14)13-7(4-2)10(16)17/h6-7H,3-5,11H2,1-2H3,(H,12,15)(H,13,14)(H,16,17)/t6-,7-/m1/s1. The fraction of sp³-hybridized carbons (Fsp3) is 0.700. The molecule has 0 aromatic heterocycles. The van der Waals surface area contributed by atoms with Crippen molar-refractivity contribution in [3.63, 3.8) is 0 Å². The monoisotopic (exact) mass is 245 g/mol. The molecule has 98 valence electrons. The van der Waals surface area contributed by atoms with Crippen LogP contribution >= 0.6 is 0 Å². The molecule has 0 fully saturated rings. The van der Waals surface area contributed by atoms with E-state index in [1.807, 2.05) is 0 Å². The summed E-state index contributed by atoms with van der Waals surface area (Å²) in [4.78, 5) is 33.2. The molecule has 0 aliphatic carbocycles. The van der Waals surface area contributed by atoms with Gasteiger partial charge in [0, 0.05) is 0 Å². The van der Waals surface area contributed by atoms with Crippen molar-refractivity contribution in [1.82, 2.24) is 10.6 Å². The van der Waals surface area contributed by atoms with Crippen molar-refractivity contribution in [2.24, 2.45) is 5.73 Å². The molecule has 0 radical (unpaired) electrons. The van der Waals surface area contributed by atoms with Gasteiger partial charge in [-0.15, -0.1) is 0 Å². The number of nitrogens with one attached hydrogen (secondary N) is 2. The molecule has 0 bridgehead atoms. The smallest absolute Gasteiger partial charge is 0.326 e. The molecule has 0 aromatic carbocycles. The number of amides is 2. The first-order valence-corrected chi connectivity index (χ1v) is 5.47. The minimum absolute atomic E-state index is 0.268. The Kier molecular flexibility index (Phi) is 6.88. The minimum atomic E-state index is -1.10. The van der Waals surface area contributed by atoms with Crippen molar-refractivity contribution >= 4 is 17.8 Å². The fourth-order valence-electron chi connectivity index (χ4n) is 1.07. The number of hydrogen-bond acceptors (Lipinski definition) is 4. The Morgan fingerprint density at radius 1 is 1.24 bits per heavy atom. The molecule has 7 heteroatoms. The van der Waals surface area contributed by atoms with Crippen molar-refractivity contribution in [2.75, 3.05) is 6.54 Å². The van der Waals surface area contributed by atoms with Crippen LogP contribution in [0.15, 0.2) is 0 Å². The summed E-state index contributed by atoms with van der Waals surface area (Å²) in [6.07, 6.45) is 0.754. The molecule has 0 aromatic rings. The Bertz CT molecular complexity index is 293. The second-order valence-electron chi connectivity index (χ2n) is 3.60. The molecule has 0 spiro atoms. The van der Waals surface area contributed by atoms with E-state index in [0.717, 1.165) is 0 Å². The van der Waals surface area contributed by atoms with E-state index < -0.39 is 29.9 Å². The van der Waals surface area contributed by atoms with E-state index in [9.17, 15) is 14.4 Å². The third kappa shape index (κ3) is 5.86. The molecule has 2 amide bonds. The Morgan fingerprint density at radius 2 is 1.82 bits per heavy atom. The lowest BCUT2D eigenvalue weighted by Crippen LogP contribution is -2.48. The zero-order valence-electron chi connectivity index (χ0n) is 10.0. The van der Waals surface area contributed by atoms with Gasteiger partial charge in [-0.1, -0.05) is 13.8 Å². The quantitative estimate of drug-likeness (QED) is 0.450. The largest absolute Gasteiger partial charge is 0.480 e. The third-order valence-electron chi connectivity index (χ3n) is 2.24. The van der Waals surface area contributed by atoms with E-state index in [4.69, 9.17) is 10.8 Å². The second kappa shape index (κ2) is 7.61. The van der Waals surface area contributed by atoms with Crippen LogP contribution in [0.5, 0.6) is 0 Å². The highest BCUT2D eigenvalue weighted by atomic mass is 16.4. The van der Waals surface area contributed by atoms with Gasteiger partial charge in [-0.3, -0.25) is 9.59 Å². The normalized spacial score (nSPS) is 13.6. The van der Waals surface area contributed by atoms with Crippen molar-refractivity contribution in [2.45, 2.75) is 38.8 Å². The van der Waals surface area contributed by atoms with Gasteiger partial charge in [-0.25, -0.2) is 4.79 Å². The topological polar surface area (TPSA) is 122 Å². The van der Waals surface area contributed by atoms with Crippen LogP contribution in [-0.4, -0.2) is 41.5 Å². The maximum absolute atomic E-state index is 11.3. The Balaban J connectivity index is 4.03. The molecule has 0 aliphatic heterocycles. The van der Waals surface area contributed by atoms with Crippen LogP contribution in [0, 0.1) is 0 Å². The first-order chi connectivity index (χ1) is 7.92. The Morgan fingerprint density at radius 3 is 2.24 bits per heavy atom. The number of rotatable bonds is 7. The molecule has 0 aliphatic rings. The van der Waals surface area contributed by atoms with Gasteiger partial charge in [-0.05, 0) is 12.8 Å². The van der Waals surface area contributed by atoms with Gasteiger partial charge in [0.05, 0.1) is 12.6 Å². The van der Waals surface area contributed by atoms with E-state index in [-0.39, 0.29) is 13.0 Å². The van der Waals surface area contributed by atoms with E-state index in [0.29, 0.717) is 6.42 Å². The van der Waals surface area contributed by atoms with E-state index in [1.165, 1.54) is 0 Å². The van der Waals surface area contributed by atoms with Gasteiger partial charge < -0.3 is 21.5 Å². The molecule has 2 atom stereocenters. The maximum atomic E-state index is 11.3. The number of carboxylic acid groups (broad SMARTS) is 1. The summed E-state index contributed by atoms with van der Waals surface area (Å²) < 4.78 is 0. The lowest BCUT2D eigenvalue weighted by molar-refractivity contribution is -0.141. The van der Waals surface area contributed by atoms with Crippen molar-refractivity contribution < 1.29 is 19.5 Å². The first kappa shape index (κ1) is 15.4. The van der Waals surface area contributed by atoms with Gasteiger partial charge in [0.15, 0.2) is 0 Å². The highest BCUT2D eigenvalue weighted by Gasteiger charge is 2.18. The van der Waals surface area contributed by atoms with Crippen molar-refractivity contribution in [3.8, 4) is 0 Å². The molecule has 17 heavy (non-hydrogen) atoms. The van der Waals surface area contributed by atoms with Crippen LogP contribution in [0.4, 0.5) is 0 Å². The molecular formula is C10H19N3O4. The van der Waals surface area contributed by atoms with Crippen LogP contribution in [0.2, 0.25) is 0 Å². The fourth-order valence-corrected chi connectivity index (χ4v) is 1.07. The highest BCUT2D eigenvalue weighted by molar-refractivity contribution is 5.89. The maximum Gasteiger partial charge on any atom is 0.326 e. The van der Waals surface area contributed by atoms with Gasteiger partial charge in [0.2, 0.25) is 11.8 Å². The number of hydrogen-bond donors (Lipinski definition) is 4. The molecule has 0 saturated heterocycles. The number of aliphatic carboxylic acids is 1. The Labute approximate surface area is 99.7 Å². The van der Waals surface area contributed by atoms with Crippen LogP contribution < -0.4 is 16.4 Å². The zero-order valence-corrected chi connectivity index (χ0v) is 10.0. The summed E-state index contributed by atoms with van der Waals surface area (Å²) >= 11 is 0. The summed E-state index contributed by atoms with van der Waals surface area (Å²) in [6, 6.07) is -1.58. The first-order valence-electron chi connectivity index (χ1n) is 5.47. The summed E-state index contributed by atoms with van der Waals surface area (Å²) in [7, 11) is 0. The number of carbonyl (C=O) groups is 3. The lowest BCUT2D eigenvalue weighted by atomic mass is 10.2. The van der Waals surface area contributed by atoms with E-state index >= 15 is 0 Å². The summed E-state index contributed by atoms with van der Waals surface area (Å²) in [5.41, 5.74) is 5.44. The molecule has 0 heterocycles. The summed E-state index contributed by atoms with van der Waals surface area (Å²) in [5.74, 6) is -2.07. The van der Waals surface area contributed by atoms with Crippen molar-refractivity contribution in [3.05, 3.63) is 0 Å². The molecule has 0 unspecified atom stereocenters. The van der Waals surface area contributed by atoms with Gasteiger partial charge in [-0.2, -0.15) is 0 Å². The summed E-state index contributed by atoms with van der Waals surface area (Å²) in [6.45, 7) is 3.13. The van der Waals surface area contributed by atoms with Crippen LogP contribution in [0.3, 0.4) is 0 Å². The van der Waals surface area contributed by atoms with Gasteiger partial charge in [0.25, 0.3) is 0 Å². The SMILES string of the molecule is CC[C@@H](N)C(=O)NCC(=O)N[C@H](CC)C(=O)O. The molecule has 0 saturated carbocycles. The highest BCUT2D eigenvalue weighted by Crippen LogP contribution is 1.90. The van der Waals surface area contributed by atoms with Crippen LogP contribution in [-0.2, 0) is 14.4 Å². The van der Waals surface area contributed by atoms with Crippen LogP contribution in [0.25, 0.3) is 0 Å². The van der Waals surface area contributed by atoms with Crippen molar-refractivity contribution in [1.29, 1.82) is 0 Å². The second-order valence-corrected chi connectivity index (χ2v) is 3.60. The number of carboxylic acids is 1. The minimum Gasteiger partial charge on any atom is -0.480 e.